The number of rotatable bonds is 6. The van der Waals surface area contributed by atoms with Crippen molar-refractivity contribution < 1.29 is 14.3 Å². The van der Waals surface area contributed by atoms with E-state index in [-0.39, 0.29) is 24.4 Å². The van der Waals surface area contributed by atoms with Crippen LogP contribution in [0.3, 0.4) is 0 Å². The van der Waals surface area contributed by atoms with E-state index in [1.807, 2.05) is 6.07 Å². The number of Topliss-reactive ketones (excluding diaryl/α,β-unsaturated/α-hetero) is 1. The summed E-state index contributed by atoms with van der Waals surface area (Å²) in [5.74, 6) is -1.86. The van der Waals surface area contributed by atoms with E-state index in [9.17, 15) is 9.59 Å². The summed E-state index contributed by atoms with van der Waals surface area (Å²) in [5.41, 5.74) is 0.721. The largest absolute Gasteiger partial charge is 0.465 e. The zero-order chi connectivity index (χ0) is 14.3. The zero-order valence-electron chi connectivity index (χ0n) is 10.8. The minimum Gasteiger partial charge on any atom is -0.465 e. The van der Waals surface area contributed by atoms with Crippen LogP contribution in [0.1, 0.15) is 23.7 Å². The van der Waals surface area contributed by atoms with Crippen molar-refractivity contribution in [2.45, 2.75) is 13.3 Å². The summed E-state index contributed by atoms with van der Waals surface area (Å²) in [6.07, 6.45) is -0.0109. The number of nitrogens with zero attached hydrogens (tertiary/aromatic N) is 1. The lowest BCUT2D eigenvalue weighted by molar-refractivity contribution is -0.145. The van der Waals surface area contributed by atoms with Crippen LogP contribution in [0, 0.1) is 17.2 Å². The second-order valence-electron chi connectivity index (χ2n) is 3.94. The van der Waals surface area contributed by atoms with Gasteiger partial charge >= 0.3 is 5.97 Å². The molecule has 0 heterocycles. The Kier molecular flexibility index (Phi) is 5.49. The Morgan fingerprint density at radius 1 is 1.37 bits per heavy atom. The predicted octanol–water partition coefficient (Wildman–Crippen LogP) is 2.52. The Bertz CT molecular complexity index is 514. The summed E-state index contributed by atoms with van der Waals surface area (Å²) in [4.78, 5) is 23.5. The monoisotopic (exact) mass is 257 g/mol. The van der Waals surface area contributed by atoms with Crippen LogP contribution in [0.5, 0.6) is 0 Å². The van der Waals surface area contributed by atoms with E-state index >= 15 is 0 Å². The van der Waals surface area contributed by atoms with Gasteiger partial charge in [0.05, 0.1) is 12.7 Å². The fourth-order valence-corrected chi connectivity index (χ4v) is 1.56. The highest BCUT2D eigenvalue weighted by Gasteiger charge is 2.23. The SMILES string of the molecule is C=C(CC(C#N)C(=O)OCC)C(=O)c1ccccc1. The molecule has 1 atom stereocenters. The molecule has 0 aromatic heterocycles. The minimum absolute atomic E-state index is 0.0109. The Labute approximate surface area is 112 Å². The molecule has 0 saturated carbocycles. The summed E-state index contributed by atoms with van der Waals surface area (Å²) in [6, 6.07) is 10.5. The molecule has 0 amide bonds. The van der Waals surface area contributed by atoms with Crippen molar-refractivity contribution in [2.75, 3.05) is 6.61 Å². The molecule has 0 aliphatic heterocycles. The summed E-state index contributed by atoms with van der Waals surface area (Å²) in [7, 11) is 0. The summed E-state index contributed by atoms with van der Waals surface area (Å²) < 4.78 is 4.77. The van der Waals surface area contributed by atoms with Crippen molar-refractivity contribution in [1.82, 2.24) is 0 Å². The number of benzene rings is 1. The Morgan fingerprint density at radius 2 is 2.00 bits per heavy atom. The van der Waals surface area contributed by atoms with Crippen LogP contribution in [0.15, 0.2) is 42.5 Å². The average molecular weight is 257 g/mol. The van der Waals surface area contributed by atoms with Gasteiger partial charge in [-0.25, -0.2) is 0 Å². The van der Waals surface area contributed by atoms with Gasteiger partial charge in [-0.3, -0.25) is 9.59 Å². The number of ether oxygens (including phenoxy) is 1. The fourth-order valence-electron chi connectivity index (χ4n) is 1.56. The van der Waals surface area contributed by atoms with Gasteiger partial charge in [0, 0.05) is 12.0 Å². The van der Waals surface area contributed by atoms with Crippen molar-refractivity contribution >= 4 is 11.8 Å². The maximum Gasteiger partial charge on any atom is 0.323 e. The van der Waals surface area contributed by atoms with Gasteiger partial charge in [0.15, 0.2) is 5.78 Å². The molecule has 0 radical (unpaired) electrons. The Balaban J connectivity index is 2.71. The molecule has 0 fully saturated rings. The van der Waals surface area contributed by atoms with Gasteiger partial charge in [0.2, 0.25) is 0 Å². The predicted molar refractivity (Wildman–Crippen MR) is 70.3 cm³/mol. The van der Waals surface area contributed by atoms with E-state index < -0.39 is 11.9 Å². The van der Waals surface area contributed by atoms with Gasteiger partial charge in [0.1, 0.15) is 5.92 Å². The molecule has 4 heteroatoms. The smallest absolute Gasteiger partial charge is 0.323 e. The van der Waals surface area contributed by atoms with Crippen LogP contribution in [-0.4, -0.2) is 18.4 Å². The second-order valence-corrected chi connectivity index (χ2v) is 3.94. The van der Waals surface area contributed by atoms with Gasteiger partial charge in [-0.1, -0.05) is 36.9 Å². The first-order valence-electron chi connectivity index (χ1n) is 5.94. The second kappa shape index (κ2) is 7.12. The number of allylic oxidation sites excluding steroid dienone is 1. The molecule has 0 spiro atoms. The van der Waals surface area contributed by atoms with E-state index in [2.05, 4.69) is 6.58 Å². The van der Waals surface area contributed by atoms with Crippen LogP contribution >= 0.6 is 0 Å². The van der Waals surface area contributed by atoms with Gasteiger partial charge in [-0.05, 0) is 12.5 Å². The van der Waals surface area contributed by atoms with Crippen molar-refractivity contribution in [3.8, 4) is 6.07 Å². The van der Waals surface area contributed by atoms with Gasteiger partial charge in [0.25, 0.3) is 0 Å². The molecule has 0 N–H and O–H groups in total. The van der Waals surface area contributed by atoms with Crippen LogP contribution in [-0.2, 0) is 9.53 Å². The number of esters is 1. The summed E-state index contributed by atoms with van der Waals surface area (Å²) in [5, 5.41) is 8.92. The number of nitriles is 1. The van der Waals surface area contributed by atoms with E-state index in [4.69, 9.17) is 10.00 Å². The molecule has 0 aliphatic carbocycles. The lowest BCUT2D eigenvalue weighted by Crippen LogP contribution is -2.18. The molecule has 0 saturated heterocycles. The molecular formula is C15H15NO3. The first-order chi connectivity index (χ1) is 9.10. The number of ketones is 1. The molecule has 98 valence electrons. The number of carbonyl (C=O) groups is 2. The van der Waals surface area contributed by atoms with Crippen molar-refractivity contribution in [3.05, 3.63) is 48.0 Å². The van der Waals surface area contributed by atoms with Crippen LogP contribution in [0.4, 0.5) is 0 Å². The van der Waals surface area contributed by atoms with E-state index in [0.717, 1.165) is 0 Å². The molecule has 1 aromatic rings. The summed E-state index contributed by atoms with van der Waals surface area (Å²) in [6.45, 7) is 5.52. The molecule has 4 nitrogen and oxygen atoms in total. The number of hydrogen-bond acceptors (Lipinski definition) is 4. The third-order valence-electron chi connectivity index (χ3n) is 2.53. The lowest BCUT2D eigenvalue weighted by Gasteiger charge is -2.09. The average Bonchev–Trinajstić information content (AvgIpc) is 2.44. The first-order valence-corrected chi connectivity index (χ1v) is 5.94. The molecule has 1 unspecified atom stereocenters. The molecule has 1 aromatic carbocycles. The molecule has 0 bridgehead atoms. The minimum atomic E-state index is -0.986. The van der Waals surface area contributed by atoms with E-state index in [1.165, 1.54) is 0 Å². The van der Waals surface area contributed by atoms with Crippen molar-refractivity contribution in [1.29, 1.82) is 5.26 Å². The highest BCUT2D eigenvalue weighted by Crippen LogP contribution is 2.16. The molecule has 0 aliphatic rings. The van der Waals surface area contributed by atoms with E-state index in [0.29, 0.717) is 5.56 Å². The Morgan fingerprint density at radius 3 is 2.53 bits per heavy atom. The number of carbonyl (C=O) groups excluding carboxylic acids is 2. The third-order valence-corrected chi connectivity index (χ3v) is 2.53. The first kappa shape index (κ1) is 14.7. The third kappa shape index (κ3) is 4.07. The topological polar surface area (TPSA) is 67.2 Å². The highest BCUT2D eigenvalue weighted by molar-refractivity contribution is 6.08. The highest BCUT2D eigenvalue weighted by atomic mass is 16.5. The number of hydrogen-bond donors (Lipinski definition) is 0. The van der Waals surface area contributed by atoms with E-state index in [1.54, 1.807) is 37.3 Å². The maximum atomic E-state index is 12.0. The molecular weight excluding hydrogens is 242 g/mol. The Hall–Kier alpha value is -2.41. The van der Waals surface area contributed by atoms with Gasteiger partial charge < -0.3 is 4.74 Å². The summed E-state index contributed by atoms with van der Waals surface area (Å²) >= 11 is 0. The molecule has 1 rings (SSSR count). The van der Waals surface area contributed by atoms with Crippen LogP contribution in [0.25, 0.3) is 0 Å². The van der Waals surface area contributed by atoms with Crippen LogP contribution in [0.2, 0.25) is 0 Å². The lowest BCUT2D eigenvalue weighted by atomic mass is 9.95. The zero-order valence-corrected chi connectivity index (χ0v) is 10.8. The van der Waals surface area contributed by atoms with Crippen molar-refractivity contribution in [3.63, 3.8) is 0 Å². The van der Waals surface area contributed by atoms with Crippen LogP contribution < -0.4 is 0 Å². The van der Waals surface area contributed by atoms with Crippen molar-refractivity contribution in [2.24, 2.45) is 5.92 Å². The fraction of sp³-hybridized carbons (Fsp3) is 0.267. The maximum absolute atomic E-state index is 12.0. The van der Waals surface area contributed by atoms with Gasteiger partial charge in [-0.2, -0.15) is 5.26 Å². The standard InChI is InChI=1S/C15H15NO3/c1-3-19-15(18)13(10-16)9-11(2)14(17)12-7-5-4-6-8-12/h4-8,13H,2-3,9H2,1H3. The quantitative estimate of drug-likeness (QED) is 0.446. The molecule has 19 heavy (non-hydrogen) atoms. The normalized spacial score (nSPS) is 11.2. The van der Waals surface area contributed by atoms with Gasteiger partial charge in [-0.15, -0.1) is 0 Å².